The average Bonchev–Trinajstić information content (AvgIpc) is 2.43. The molecule has 0 bridgehead atoms. The van der Waals surface area contributed by atoms with Gasteiger partial charge in [-0.2, -0.15) is 0 Å². The van der Waals surface area contributed by atoms with E-state index in [0.717, 1.165) is 17.7 Å². The summed E-state index contributed by atoms with van der Waals surface area (Å²) < 4.78 is 5.13. The maximum Gasteiger partial charge on any atom is 0.119 e. The highest BCUT2D eigenvalue weighted by atomic mass is 16.5. The number of aliphatic hydroxyl groups excluding tert-OH is 2. The highest BCUT2D eigenvalue weighted by Crippen LogP contribution is 2.18. The lowest BCUT2D eigenvalue weighted by molar-refractivity contribution is 0.164. The Labute approximate surface area is 109 Å². The van der Waals surface area contributed by atoms with Crippen LogP contribution in [0.2, 0.25) is 0 Å². The Hall–Kier alpha value is -1.10. The Kier molecular flexibility index (Phi) is 6.72. The molecule has 0 spiro atoms. The molecule has 0 aliphatic carbocycles. The quantitative estimate of drug-likeness (QED) is 0.656. The van der Waals surface area contributed by atoms with Gasteiger partial charge in [-0.25, -0.2) is 0 Å². The van der Waals surface area contributed by atoms with E-state index in [2.05, 4.69) is 12.2 Å². The number of hydrogen-bond donors (Lipinski definition) is 3. The van der Waals surface area contributed by atoms with Crippen LogP contribution in [0.25, 0.3) is 0 Å². The first-order valence-electron chi connectivity index (χ1n) is 6.37. The fraction of sp³-hybridized carbons (Fsp3) is 0.571. The van der Waals surface area contributed by atoms with Crippen LogP contribution in [0.1, 0.15) is 31.4 Å². The standard InChI is InChI=1S/C14H23NO3/c1-3-12(7-8-16)15-10-14(17)11-5-4-6-13(9-11)18-2/h4-6,9,12,14-17H,3,7-8,10H2,1-2H3. The molecule has 0 saturated heterocycles. The second-order valence-electron chi connectivity index (χ2n) is 4.32. The van der Waals surface area contributed by atoms with E-state index in [1.54, 1.807) is 7.11 Å². The molecule has 4 nitrogen and oxygen atoms in total. The lowest BCUT2D eigenvalue weighted by Gasteiger charge is -2.19. The number of aliphatic hydroxyl groups is 2. The third-order valence-corrected chi connectivity index (χ3v) is 3.05. The number of rotatable bonds is 8. The molecular weight excluding hydrogens is 230 g/mol. The average molecular weight is 253 g/mol. The van der Waals surface area contributed by atoms with E-state index in [9.17, 15) is 5.11 Å². The number of nitrogens with one attached hydrogen (secondary N) is 1. The van der Waals surface area contributed by atoms with Gasteiger partial charge in [-0.1, -0.05) is 19.1 Å². The van der Waals surface area contributed by atoms with Crippen LogP contribution in [0, 0.1) is 0 Å². The van der Waals surface area contributed by atoms with Crippen molar-refractivity contribution < 1.29 is 14.9 Å². The minimum absolute atomic E-state index is 0.167. The van der Waals surface area contributed by atoms with Gasteiger partial charge in [0, 0.05) is 19.2 Å². The van der Waals surface area contributed by atoms with E-state index < -0.39 is 6.10 Å². The van der Waals surface area contributed by atoms with E-state index in [1.807, 2.05) is 24.3 Å². The highest BCUT2D eigenvalue weighted by Gasteiger charge is 2.11. The molecule has 18 heavy (non-hydrogen) atoms. The van der Waals surface area contributed by atoms with Crippen LogP contribution < -0.4 is 10.1 Å². The van der Waals surface area contributed by atoms with Gasteiger partial charge in [-0.05, 0) is 30.5 Å². The van der Waals surface area contributed by atoms with Crippen LogP contribution in [0.4, 0.5) is 0 Å². The molecule has 0 aromatic heterocycles. The SMILES string of the molecule is CCC(CCO)NCC(O)c1cccc(OC)c1. The van der Waals surface area contributed by atoms with Gasteiger partial charge in [0.2, 0.25) is 0 Å². The summed E-state index contributed by atoms with van der Waals surface area (Å²) in [6, 6.07) is 7.67. The van der Waals surface area contributed by atoms with Gasteiger partial charge in [0.15, 0.2) is 0 Å². The van der Waals surface area contributed by atoms with Crippen molar-refractivity contribution in [2.45, 2.75) is 31.9 Å². The fourth-order valence-corrected chi connectivity index (χ4v) is 1.85. The molecule has 0 aliphatic heterocycles. The molecule has 0 amide bonds. The van der Waals surface area contributed by atoms with Gasteiger partial charge in [-0.3, -0.25) is 0 Å². The zero-order chi connectivity index (χ0) is 13.4. The zero-order valence-corrected chi connectivity index (χ0v) is 11.1. The van der Waals surface area contributed by atoms with Crippen LogP contribution in [-0.4, -0.2) is 36.5 Å². The normalized spacial score (nSPS) is 14.2. The summed E-state index contributed by atoms with van der Waals surface area (Å²) in [7, 11) is 1.61. The van der Waals surface area contributed by atoms with Crippen molar-refractivity contribution in [1.82, 2.24) is 5.32 Å². The predicted octanol–water partition coefficient (Wildman–Crippen LogP) is 1.48. The van der Waals surface area contributed by atoms with Crippen molar-refractivity contribution in [3.63, 3.8) is 0 Å². The lowest BCUT2D eigenvalue weighted by Crippen LogP contribution is -2.33. The monoisotopic (exact) mass is 253 g/mol. The summed E-state index contributed by atoms with van der Waals surface area (Å²) in [4.78, 5) is 0. The predicted molar refractivity (Wildman–Crippen MR) is 71.7 cm³/mol. The molecule has 2 atom stereocenters. The zero-order valence-electron chi connectivity index (χ0n) is 11.1. The van der Waals surface area contributed by atoms with Gasteiger partial charge in [0.25, 0.3) is 0 Å². The smallest absolute Gasteiger partial charge is 0.119 e. The number of methoxy groups -OCH3 is 1. The topological polar surface area (TPSA) is 61.7 Å². The highest BCUT2D eigenvalue weighted by molar-refractivity contribution is 5.29. The largest absolute Gasteiger partial charge is 0.497 e. The Bertz CT molecular complexity index is 344. The van der Waals surface area contributed by atoms with Crippen molar-refractivity contribution in [3.05, 3.63) is 29.8 Å². The third kappa shape index (κ3) is 4.64. The molecule has 0 radical (unpaired) electrons. The minimum Gasteiger partial charge on any atom is -0.497 e. The third-order valence-electron chi connectivity index (χ3n) is 3.05. The van der Waals surface area contributed by atoms with E-state index >= 15 is 0 Å². The minimum atomic E-state index is -0.562. The summed E-state index contributed by atoms with van der Waals surface area (Å²) in [5.74, 6) is 0.744. The maximum absolute atomic E-state index is 10.1. The molecule has 0 saturated carbocycles. The Balaban J connectivity index is 2.50. The second kappa shape index (κ2) is 8.08. The Morgan fingerprint density at radius 2 is 2.17 bits per heavy atom. The summed E-state index contributed by atoms with van der Waals surface area (Å²) in [6.07, 6.45) is 1.08. The van der Waals surface area contributed by atoms with Crippen LogP contribution in [0.15, 0.2) is 24.3 Å². The first-order chi connectivity index (χ1) is 8.71. The van der Waals surface area contributed by atoms with Gasteiger partial charge >= 0.3 is 0 Å². The first kappa shape index (κ1) is 15.0. The molecule has 1 aromatic rings. The van der Waals surface area contributed by atoms with Crippen molar-refractivity contribution in [2.75, 3.05) is 20.3 Å². The van der Waals surface area contributed by atoms with Crippen molar-refractivity contribution in [2.24, 2.45) is 0 Å². The molecule has 1 aromatic carbocycles. The van der Waals surface area contributed by atoms with Crippen LogP contribution in [-0.2, 0) is 0 Å². The molecular formula is C14H23NO3. The first-order valence-corrected chi connectivity index (χ1v) is 6.37. The summed E-state index contributed by atoms with van der Waals surface area (Å²) >= 11 is 0. The summed E-state index contributed by atoms with van der Waals surface area (Å²) in [5.41, 5.74) is 0.834. The van der Waals surface area contributed by atoms with Gasteiger partial charge in [0.05, 0.1) is 13.2 Å². The van der Waals surface area contributed by atoms with E-state index in [1.165, 1.54) is 0 Å². The van der Waals surface area contributed by atoms with Gasteiger partial charge < -0.3 is 20.3 Å². The van der Waals surface area contributed by atoms with Crippen molar-refractivity contribution in [1.29, 1.82) is 0 Å². The van der Waals surface area contributed by atoms with Crippen LogP contribution >= 0.6 is 0 Å². The molecule has 0 aliphatic rings. The fourth-order valence-electron chi connectivity index (χ4n) is 1.85. The van der Waals surface area contributed by atoms with Gasteiger partial charge in [0.1, 0.15) is 5.75 Å². The molecule has 2 unspecified atom stereocenters. The number of hydrogen-bond acceptors (Lipinski definition) is 4. The molecule has 0 heterocycles. The van der Waals surface area contributed by atoms with Gasteiger partial charge in [-0.15, -0.1) is 0 Å². The van der Waals surface area contributed by atoms with E-state index in [-0.39, 0.29) is 12.6 Å². The number of ether oxygens (including phenoxy) is 1. The molecule has 0 fully saturated rings. The molecule has 102 valence electrons. The summed E-state index contributed by atoms with van der Waals surface area (Å²) in [5, 5.41) is 22.2. The molecule has 3 N–H and O–H groups in total. The van der Waals surface area contributed by atoms with Crippen molar-refractivity contribution in [3.8, 4) is 5.75 Å². The van der Waals surface area contributed by atoms with E-state index in [0.29, 0.717) is 13.0 Å². The lowest BCUT2D eigenvalue weighted by atomic mass is 10.1. The van der Waals surface area contributed by atoms with Crippen LogP contribution in [0.5, 0.6) is 5.75 Å². The van der Waals surface area contributed by atoms with Crippen molar-refractivity contribution >= 4 is 0 Å². The Morgan fingerprint density at radius 3 is 2.78 bits per heavy atom. The molecule has 4 heteroatoms. The summed E-state index contributed by atoms with van der Waals surface area (Å²) in [6.45, 7) is 2.71. The molecule has 1 rings (SSSR count). The van der Waals surface area contributed by atoms with E-state index in [4.69, 9.17) is 9.84 Å². The van der Waals surface area contributed by atoms with Crippen LogP contribution in [0.3, 0.4) is 0 Å². The maximum atomic E-state index is 10.1. The number of benzene rings is 1. The second-order valence-corrected chi connectivity index (χ2v) is 4.32. The Morgan fingerprint density at radius 1 is 1.39 bits per heavy atom.